The number of hydrogen-bond acceptors (Lipinski definition) is 7. The van der Waals surface area contributed by atoms with Gasteiger partial charge >= 0.3 is 0 Å². The minimum absolute atomic E-state index is 0.0116. The molecule has 7 nitrogen and oxygen atoms in total. The van der Waals surface area contributed by atoms with Gasteiger partial charge < -0.3 is 15.2 Å². The van der Waals surface area contributed by atoms with Gasteiger partial charge in [0.15, 0.2) is 5.16 Å². The van der Waals surface area contributed by atoms with Crippen molar-refractivity contribution in [3.63, 3.8) is 0 Å². The summed E-state index contributed by atoms with van der Waals surface area (Å²) in [5.74, 6) is 1.48. The van der Waals surface area contributed by atoms with Crippen LogP contribution in [0, 0.1) is 0 Å². The molecule has 0 radical (unpaired) electrons. The van der Waals surface area contributed by atoms with Crippen LogP contribution in [0.3, 0.4) is 0 Å². The van der Waals surface area contributed by atoms with Gasteiger partial charge in [-0.2, -0.15) is 15.0 Å². The monoisotopic (exact) mass is 381 g/mol. The van der Waals surface area contributed by atoms with E-state index in [0.29, 0.717) is 17.8 Å². The molecule has 2 N–H and O–H groups in total. The average molecular weight is 382 g/mol. The molecule has 1 aliphatic rings. The van der Waals surface area contributed by atoms with E-state index in [2.05, 4.69) is 50.7 Å². The summed E-state index contributed by atoms with van der Waals surface area (Å²) in [6, 6.07) is 10.9. The van der Waals surface area contributed by atoms with E-state index in [-0.39, 0.29) is 11.2 Å². The highest BCUT2D eigenvalue weighted by Crippen LogP contribution is 2.44. The zero-order valence-electron chi connectivity index (χ0n) is 15.7. The van der Waals surface area contributed by atoms with Gasteiger partial charge in [0.2, 0.25) is 11.9 Å². The van der Waals surface area contributed by atoms with Crippen molar-refractivity contribution < 1.29 is 0 Å². The predicted octanol–water partition coefficient (Wildman–Crippen LogP) is 3.57. The lowest BCUT2D eigenvalue weighted by Crippen LogP contribution is -2.16. The van der Waals surface area contributed by atoms with Crippen molar-refractivity contribution in [3.8, 4) is 11.3 Å². The van der Waals surface area contributed by atoms with Crippen LogP contribution in [0.25, 0.3) is 11.3 Å². The van der Waals surface area contributed by atoms with E-state index in [0.717, 1.165) is 10.9 Å². The van der Waals surface area contributed by atoms with Crippen LogP contribution in [0.4, 0.5) is 11.9 Å². The third kappa shape index (κ3) is 3.75. The standard InChI is InChI=1S/C19H23N7S/c1-12(16-22-17(20)24-18(23-16)25(2)3)27-19-21-11-15(26(19)14-9-10-14)13-7-5-4-6-8-13/h4-8,11-12,14H,9-10H2,1-3H3,(H2,20,22,23,24)/t12-/m1/s1. The molecule has 4 rings (SSSR count). The maximum absolute atomic E-state index is 5.88. The van der Waals surface area contributed by atoms with Gasteiger partial charge in [-0.15, -0.1) is 0 Å². The molecule has 0 bridgehead atoms. The third-order valence-corrected chi connectivity index (χ3v) is 5.53. The van der Waals surface area contributed by atoms with Gasteiger partial charge in [0.05, 0.1) is 17.1 Å². The van der Waals surface area contributed by atoms with E-state index in [1.165, 1.54) is 18.4 Å². The number of aromatic nitrogens is 5. The van der Waals surface area contributed by atoms with E-state index in [9.17, 15) is 0 Å². The van der Waals surface area contributed by atoms with E-state index < -0.39 is 0 Å². The molecule has 0 saturated heterocycles. The average Bonchev–Trinajstić information content (AvgIpc) is 3.42. The van der Waals surface area contributed by atoms with Crippen molar-refractivity contribution >= 4 is 23.7 Å². The van der Waals surface area contributed by atoms with E-state index in [1.807, 2.05) is 31.3 Å². The Morgan fingerprint density at radius 1 is 1.15 bits per heavy atom. The van der Waals surface area contributed by atoms with Crippen LogP contribution >= 0.6 is 11.8 Å². The summed E-state index contributed by atoms with van der Waals surface area (Å²) >= 11 is 1.66. The Hall–Kier alpha value is -2.61. The Morgan fingerprint density at radius 3 is 2.56 bits per heavy atom. The second kappa shape index (κ2) is 7.19. The first-order valence-electron chi connectivity index (χ1n) is 9.01. The summed E-state index contributed by atoms with van der Waals surface area (Å²) in [4.78, 5) is 19.6. The number of nitrogens with two attached hydrogens (primary N) is 1. The first-order valence-corrected chi connectivity index (χ1v) is 9.89. The molecule has 0 unspecified atom stereocenters. The molecule has 1 atom stereocenters. The molecule has 0 spiro atoms. The number of benzene rings is 1. The van der Waals surface area contributed by atoms with Crippen LogP contribution in [-0.2, 0) is 0 Å². The Balaban J connectivity index is 1.64. The Labute approximate surface area is 163 Å². The maximum Gasteiger partial charge on any atom is 0.229 e. The zero-order valence-corrected chi connectivity index (χ0v) is 16.5. The molecule has 2 aromatic heterocycles. The summed E-state index contributed by atoms with van der Waals surface area (Å²) in [7, 11) is 3.78. The Morgan fingerprint density at radius 2 is 1.89 bits per heavy atom. The smallest absolute Gasteiger partial charge is 0.229 e. The highest BCUT2D eigenvalue weighted by atomic mass is 32.2. The third-order valence-electron chi connectivity index (χ3n) is 4.45. The highest BCUT2D eigenvalue weighted by Gasteiger charge is 2.30. The lowest BCUT2D eigenvalue weighted by Gasteiger charge is -2.16. The van der Waals surface area contributed by atoms with Crippen molar-refractivity contribution in [2.24, 2.45) is 0 Å². The van der Waals surface area contributed by atoms with Crippen LogP contribution in [0.2, 0.25) is 0 Å². The SMILES string of the molecule is C[C@@H](Sc1ncc(-c2ccccc2)n1C1CC1)c1nc(N)nc(N(C)C)n1. The summed E-state index contributed by atoms with van der Waals surface area (Å²) in [5, 5.41) is 1.01. The number of nitrogen functional groups attached to an aromatic ring is 1. The molecule has 0 amide bonds. The van der Waals surface area contributed by atoms with Crippen molar-refractivity contribution in [3.05, 3.63) is 42.4 Å². The van der Waals surface area contributed by atoms with Crippen LogP contribution in [0.1, 0.15) is 36.9 Å². The highest BCUT2D eigenvalue weighted by molar-refractivity contribution is 7.99. The number of nitrogens with zero attached hydrogens (tertiary/aromatic N) is 6. The molecule has 1 aliphatic carbocycles. The maximum atomic E-state index is 5.88. The Kier molecular flexibility index (Phi) is 4.73. The molecule has 1 aromatic carbocycles. The molecule has 140 valence electrons. The molecule has 1 fully saturated rings. The lowest BCUT2D eigenvalue weighted by atomic mass is 10.2. The number of anilines is 2. The Bertz CT molecular complexity index is 934. The fraction of sp³-hybridized carbons (Fsp3) is 0.368. The van der Waals surface area contributed by atoms with Crippen LogP contribution < -0.4 is 10.6 Å². The van der Waals surface area contributed by atoms with Gasteiger partial charge in [0, 0.05) is 20.1 Å². The number of thioether (sulfide) groups is 1. The van der Waals surface area contributed by atoms with Gasteiger partial charge in [-0.05, 0) is 25.3 Å². The quantitative estimate of drug-likeness (QED) is 0.653. The number of imidazole rings is 1. The normalized spacial score (nSPS) is 14.9. The molecule has 2 heterocycles. The second-order valence-corrected chi connectivity index (χ2v) is 8.21. The van der Waals surface area contributed by atoms with Gasteiger partial charge in [0.25, 0.3) is 0 Å². The fourth-order valence-corrected chi connectivity index (χ4v) is 3.93. The summed E-state index contributed by atoms with van der Waals surface area (Å²) in [6.45, 7) is 2.08. The predicted molar refractivity (Wildman–Crippen MR) is 109 cm³/mol. The van der Waals surface area contributed by atoms with Crippen molar-refractivity contribution in [1.29, 1.82) is 0 Å². The van der Waals surface area contributed by atoms with Gasteiger partial charge in [-0.1, -0.05) is 42.1 Å². The first kappa shape index (κ1) is 17.8. The fourth-order valence-electron chi connectivity index (χ4n) is 2.93. The van der Waals surface area contributed by atoms with E-state index >= 15 is 0 Å². The topological polar surface area (TPSA) is 85.8 Å². The number of hydrogen-bond donors (Lipinski definition) is 1. The lowest BCUT2D eigenvalue weighted by molar-refractivity contribution is 0.667. The van der Waals surface area contributed by atoms with E-state index in [1.54, 1.807) is 11.8 Å². The summed E-state index contributed by atoms with van der Waals surface area (Å²) in [5.41, 5.74) is 8.23. The molecule has 27 heavy (non-hydrogen) atoms. The van der Waals surface area contributed by atoms with Crippen LogP contribution in [0.15, 0.2) is 41.7 Å². The molecule has 1 saturated carbocycles. The largest absolute Gasteiger partial charge is 0.368 e. The molecule has 0 aliphatic heterocycles. The second-order valence-electron chi connectivity index (χ2n) is 6.90. The van der Waals surface area contributed by atoms with Gasteiger partial charge in [-0.3, -0.25) is 0 Å². The van der Waals surface area contributed by atoms with Gasteiger partial charge in [-0.25, -0.2) is 4.98 Å². The van der Waals surface area contributed by atoms with Crippen LogP contribution in [0.5, 0.6) is 0 Å². The number of rotatable bonds is 6. The minimum atomic E-state index is 0.0116. The van der Waals surface area contributed by atoms with Gasteiger partial charge in [0.1, 0.15) is 5.82 Å². The zero-order chi connectivity index (χ0) is 19.0. The molecular weight excluding hydrogens is 358 g/mol. The summed E-state index contributed by atoms with van der Waals surface area (Å²) in [6.07, 6.45) is 4.36. The summed E-state index contributed by atoms with van der Waals surface area (Å²) < 4.78 is 2.36. The first-order chi connectivity index (χ1) is 13.0. The molecule has 8 heteroatoms. The van der Waals surface area contributed by atoms with Crippen molar-refractivity contribution in [2.45, 2.75) is 36.2 Å². The molecule has 3 aromatic rings. The minimum Gasteiger partial charge on any atom is -0.368 e. The van der Waals surface area contributed by atoms with Crippen LogP contribution in [-0.4, -0.2) is 38.6 Å². The molecular formula is C19H23N7S. The van der Waals surface area contributed by atoms with E-state index in [4.69, 9.17) is 10.7 Å². The van der Waals surface area contributed by atoms with Crippen molar-refractivity contribution in [1.82, 2.24) is 24.5 Å². The van der Waals surface area contributed by atoms with Crippen molar-refractivity contribution in [2.75, 3.05) is 24.7 Å².